The van der Waals surface area contributed by atoms with Crippen molar-refractivity contribution >= 4 is 73.9 Å². The SMILES string of the molecule is C.C.C.C.C.C.CC[C@H]1O[C@@H](n2ncc3c(=O)[nH]c(C)nc32)CC1O.CC[C@H]1O[C@@H](n2ncc3c(=O)[nH]c(C)nc32)CC1OC(=O)CCC(=O)NC.CC[C@H]1O[C@@H](n2ncc3c(=O)[nH]c(C)nc32)CC1OC(=O)CCC(=O)O.CN.Nc1nc2c(cnn2[C@H]2CC(O)[C@@H](CO)O2)c(=O)[nH]1. The maximum absolute atomic E-state index is 12.0. The molecule has 552 valence electrons. The highest BCUT2D eigenvalue weighted by molar-refractivity contribution is 5.81. The number of rotatable bonds is 16. The Hall–Kier alpha value is -9.24. The summed E-state index contributed by atoms with van der Waals surface area (Å²) in [4.78, 5) is 120. The molecule has 0 aromatic carbocycles. The van der Waals surface area contributed by atoms with Gasteiger partial charge in [-0.15, -0.1) is 0 Å². The monoisotopic (exact) mass is 1400 g/mol. The molecule has 0 aliphatic carbocycles. The minimum atomic E-state index is -1.05. The van der Waals surface area contributed by atoms with E-state index in [9.17, 15) is 48.6 Å². The number of ether oxygens (including phenoxy) is 6. The third-order valence-corrected chi connectivity index (χ3v) is 15.4. The number of aliphatic hydroxyl groups excluding tert-OH is 3. The van der Waals surface area contributed by atoms with Gasteiger partial charge < -0.3 is 80.6 Å². The minimum Gasteiger partial charge on any atom is -0.481 e. The Morgan fingerprint density at radius 3 is 1.15 bits per heavy atom. The number of hydrogen-bond donors (Lipinski definition) is 11. The van der Waals surface area contributed by atoms with Crippen LogP contribution < -0.4 is 39.0 Å². The van der Waals surface area contributed by atoms with Crippen LogP contribution in [-0.4, -0.2) is 193 Å². The predicted molar refractivity (Wildman–Crippen MR) is 366 cm³/mol. The summed E-state index contributed by atoms with van der Waals surface area (Å²) in [6.07, 6.45) is 3.14. The Labute approximate surface area is 570 Å². The van der Waals surface area contributed by atoms with Gasteiger partial charge >= 0.3 is 17.9 Å². The summed E-state index contributed by atoms with van der Waals surface area (Å²) in [5, 5.41) is 57.9. The molecule has 8 aromatic heterocycles. The lowest BCUT2D eigenvalue weighted by Crippen LogP contribution is -2.27. The number of hydrogen-bond acceptors (Lipinski definition) is 27. The second-order valence-electron chi connectivity index (χ2n) is 21.8. The molecule has 12 rings (SSSR count). The zero-order valence-corrected chi connectivity index (χ0v) is 52.2. The third kappa shape index (κ3) is 20.0. The largest absolute Gasteiger partial charge is 0.481 e. The first-order valence-corrected chi connectivity index (χ1v) is 30.0. The van der Waals surface area contributed by atoms with Crippen molar-refractivity contribution in [1.82, 2.24) is 84.3 Å². The molecule has 4 aliphatic heterocycles. The number of nitrogen functional groups attached to an aromatic ring is 1. The van der Waals surface area contributed by atoms with Gasteiger partial charge in [-0.3, -0.25) is 43.3 Å². The van der Waals surface area contributed by atoms with Crippen molar-refractivity contribution in [2.75, 3.05) is 26.4 Å². The van der Waals surface area contributed by atoms with E-state index in [1.165, 1.54) is 48.2 Å². The highest BCUT2D eigenvalue weighted by atomic mass is 16.6. The normalized spacial score (nSPS) is 22.5. The molecule has 13 N–H and O–H groups in total. The van der Waals surface area contributed by atoms with E-state index in [4.69, 9.17) is 44.4 Å². The number of nitrogens with zero attached hydrogens (tertiary/aromatic N) is 12. The molecule has 4 aliphatic rings. The van der Waals surface area contributed by atoms with E-state index in [-0.39, 0.29) is 148 Å². The average Bonchev–Trinajstić information content (AvgIpc) is 1.66. The van der Waals surface area contributed by atoms with Crippen LogP contribution in [0.1, 0.15) is 178 Å². The maximum atomic E-state index is 12.0. The topological polar surface area (TPSA) is 523 Å². The Morgan fingerprint density at radius 1 is 0.515 bits per heavy atom. The van der Waals surface area contributed by atoms with Crippen LogP contribution in [0, 0.1) is 20.8 Å². The molecule has 0 radical (unpaired) electrons. The Kier molecular flexibility index (Phi) is 33.1. The molecule has 0 spiro atoms. The van der Waals surface area contributed by atoms with E-state index in [2.05, 4.69) is 71.3 Å². The van der Waals surface area contributed by atoms with Gasteiger partial charge in [0.15, 0.2) is 47.5 Å². The van der Waals surface area contributed by atoms with Gasteiger partial charge in [-0.2, -0.15) is 25.4 Å². The number of carboxylic acid groups (broad SMARTS) is 1. The van der Waals surface area contributed by atoms with Crippen LogP contribution in [0.2, 0.25) is 0 Å². The molecule has 37 nitrogen and oxygen atoms in total. The van der Waals surface area contributed by atoms with Crippen molar-refractivity contribution in [1.29, 1.82) is 0 Å². The van der Waals surface area contributed by atoms with Gasteiger partial charge in [0.05, 0.1) is 81.2 Å². The molecule has 12 heterocycles. The van der Waals surface area contributed by atoms with E-state index in [1.54, 1.807) is 30.1 Å². The number of carbonyl (C=O) groups is 4. The van der Waals surface area contributed by atoms with Crippen molar-refractivity contribution in [3.63, 3.8) is 0 Å². The number of nitrogens with one attached hydrogen (secondary N) is 5. The summed E-state index contributed by atoms with van der Waals surface area (Å²) in [5.41, 5.74) is 10.5. The molecule has 12 atom stereocenters. The van der Waals surface area contributed by atoms with E-state index in [0.717, 1.165) is 6.42 Å². The van der Waals surface area contributed by atoms with Crippen LogP contribution in [0.4, 0.5) is 5.95 Å². The van der Waals surface area contributed by atoms with Crippen LogP contribution in [0.15, 0.2) is 44.0 Å². The number of esters is 2. The number of nitrogens with two attached hydrogens (primary N) is 2. The lowest BCUT2D eigenvalue weighted by atomic mass is 10.1. The van der Waals surface area contributed by atoms with Crippen LogP contribution in [0.3, 0.4) is 0 Å². The highest BCUT2D eigenvalue weighted by Crippen LogP contribution is 2.36. The number of amides is 1. The molecule has 4 unspecified atom stereocenters. The molecular weight excluding hydrogens is 1300 g/mol. The molecule has 99 heavy (non-hydrogen) atoms. The summed E-state index contributed by atoms with van der Waals surface area (Å²) >= 11 is 0. The number of aliphatic hydroxyl groups is 3. The number of carboxylic acids is 1. The van der Waals surface area contributed by atoms with E-state index >= 15 is 0 Å². The number of aromatic nitrogens is 16. The van der Waals surface area contributed by atoms with Gasteiger partial charge in [-0.05, 0) is 47.1 Å². The fourth-order valence-electron chi connectivity index (χ4n) is 10.9. The number of anilines is 1. The minimum absolute atomic E-state index is 0. The quantitative estimate of drug-likeness (QED) is 0.0614. The number of carbonyl (C=O) groups excluding carboxylic acids is 3. The van der Waals surface area contributed by atoms with Crippen LogP contribution >= 0.6 is 0 Å². The van der Waals surface area contributed by atoms with Crippen molar-refractivity contribution in [3.05, 3.63) is 83.7 Å². The predicted octanol–water partition coefficient (Wildman–Crippen LogP) is 3.69. The summed E-state index contributed by atoms with van der Waals surface area (Å²) in [6.45, 7) is 10.6. The van der Waals surface area contributed by atoms with Gasteiger partial charge in [-0.1, -0.05) is 65.3 Å². The summed E-state index contributed by atoms with van der Waals surface area (Å²) < 4.78 is 40.1. The van der Waals surface area contributed by atoms with Crippen molar-refractivity contribution in [3.8, 4) is 0 Å². The van der Waals surface area contributed by atoms with Gasteiger partial charge in [0, 0.05) is 39.2 Å². The zero-order chi connectivity index (χ0) is 67.5. The van der Waals surface area contributed by atoms with Crippen LogP contribution in [-0.2, 0) is 47.6 Å². The smallest absolute Gasteiger partial charge is 0.306 e. The molecule has 4 fully saturated rings. The summed E-state index contributed by atoms with van der Waals surface area (Å²) in [5.74, 6) is -0.819. The number of aryl methyl sites for hydroxylation is 3. The Bertz CT molecular complexity index is 4060. The van der Waals surface area contributed by atoms with Crippen molar-refractivity contribution in [2.45, 2.75) is 230 Å². The van der Waals surface area contributed by atoms with E-state index in [0.29, 0.717) is 88.1 Å². The number of aromatic amines is 4. The van der Waals surface area contributed by atoms with Crippen molar-refractivity contribution in [2.24, 2.45) is 5.73 Å². The molecule has 0 bridgehead atoms. The van der Waals surface area contributed by atoms with Gasteiger partial charge in [-0.25, -0.2) is 33.7 Å². The van der Waals surface area contributed by atoms with Gasteiger partial charge in [0.2, 0.25) is 11.9 Å². The Morgan fingerprint density at radius 2 is 0.828 bits per heavy atom. The van der Waals surface area contributed by atoms with Crippen molar-refractivity contribution < 1.29 is 68.0 Å². The molecule has 8 aromatic rings. The number of H-pyrrole nitrogens is 4. The van der Waals surface area contributed by atoms with E-state index in [1.807, 2.05) is 20.8 Å². The average molecular weight is 1400 g/mol. The second-order valence-corrected chi connectivity index (χ2v) is 21.8. The maximum Gasteiger partial charge on any atom is 0.306 e. The van der Waals surface area contributed by atoms with E-state index < -0.39 is 67.1 Å². The Balaban J connectivity index is 0.000000441. The number of aliphatic carboxylic acids is 1. The molecule has 37 heteroatoms. The lowest BCUT2D eigenvalue weighted by molar-refractivity contribution is -0.154. The molecule has 0 saturated carbocycles. The lowest BCUT2D eigenvalue weighted by Gasteiger charge is -2.17. The second kappa shape index (κ2) is 38.2. The van der Waals surface area contributed by atoms with Gasteiger partial charge in [0.25, 0.3) is 22.2 Å². The van der Waals surface area contributed by atoms with Gasteiger partial charge in [0.1, 0.15) is 57.3 Å². The highest BCUT2D eigenvalue weighted by Gasteiger charge is 2.41. The first-order chi connectivity index (χ1) is 44.5. The summed E-state index contributed by atoms with van der Waals surface area (Å²) in [7, 11) is 3.02. The number of fused-ring (bicyclic) bond motifs is 4. The third-order valence-electron chi connectivity index (χ3n) is 15.4. The standard InChI is InChI=1S/C17H23N5O5.C16H20N4O6.C12H16N4O3.C10H13N5O4.CH5N.6CH4/c1-4-11-12(27-15(24)6-5-13(23)18-3)7-14(26-11)22-16-10(8-19-22)17(25)21-9(2)20-16;1-3-10-11(26-14(23)5-4-13(21)22)6-12(25-10)20-15-9(7-17-20)16(24)19-8(2)18-15;1-3-9-8(17)4-10(19-9)16-11-7(5-13-16)12(18)15-6(2)14-11;11-10-13-8-4(9(18)14-10)2-12-15(8)7-1-5(17)6(3-16)19-7;1-2;;;;;;/h8,11-12,14H,4-7H2,1-3H3,(H,18,23)(H,20,21,25);7,10-12H,3-6H2,1-2H3,(H,21,22)(H,18,19,24);5,8-10,17H,3-4H2,1-2H3,(H,14,15,18);2,5-7,16-17H,1,3H2,(H3,11,13,14,18);2H2,1H3;6*1H4/t11-,12?,14-;10-,11?,12-;8?,9-,10-;5?,6-,7-;;;;;;;/m1111......./s1. The molecule has 1 amide bonds. The van der Waals surface area contributed by atoms with Crippen LogP contribution in [0.25, 0.3) is 44.1 Å². The molecule has 4 saturated heterocycles. The fourth-order valence-corrected chi connectivity index (χ4v) is 10.9. The first-order valence-electron chi connectivity index (χ1n) is 30.0. The fraction of sp³-hybridized carbons (Fsp3) is 0.613. The first kappa shape index (κ1) is 85.8. The van der Waals surface area contributed by atoms with Crippen LogP contribution in [0.5, 0.6) is 0 Å². The molecular formula is C62H101N19O18. The zero-order valence-electron chi connectivity index (χ0n) is 52.2. The summed E-state index contributed by atoms with van der Waals surface area (Å²) in [6, 6.07) is 0.